The van der Waals surface area contributed by atoms with Crippen LogP contribution in [-0.2, 0) is 0 Å². The van der Waals surface area contributed by atoms with Crippen molar-refractivity contribution in [1.82, 2.24) is 9.97 Å². The first-order valence-electron chi connectivity index (χ1n) is 6.28. The van der Waals surface area contributed by atoms with Crippen molar-refractivity contribution in [2.75, 3.05) is 5.32 Å². The van der Waals surface area contributed by atoms with Crippen molar-refractivity contribution in [3.63, 3.8) is 0 Å². The van der Waals surface area contributed by atoms with E-state index < -0.39 is 0 Å². The highest BCUT2D eigenvalue weighted by molar-refractivity contribution is 6.30. The Morgan fingerprint density at radius 1 is 1.20 bits per heavy atom. The second-order valence-corrected chi connectivity index (χ2v) is 4.99. The number of aromatic nitrogens is 2. The van der Waals surface area contributed by atoms with Gasteiger partial charge in [0, 0.05) is 11.6 Å². The smallest absolute Gasteiger partial charge is 0.137 e. The van der Waals surface area contributed by atoms with E-state index >= 15 is 0 Å². The number of hydrogen-bond donors (Lipinski definition) is 1. The molecule has 1 unspecified atom stereocenters. The third-order valence-corrected chi connectivity index (χ3v) is 3.46. The third-order valence-electron chi connectivity index (χ3n) is 3.09. The van der Waals surface area contributed by atoms with Gasteiger partial charge in [-0.3, -0.25) is 0 Å². The molecule has 5 heteroatoms. The monoisotopic (exact) mass is 286 g/mol. The van der Waals surface area contributed by atoms with Gasteiger partial charge in [-0.1, -0.05) is 23.7 Å². The van der Waals surface area contributed by atoms with Gasteiger partial charge in [-0.15, -0.1) is 0 Å². The highest BCUT2D eigenvalue weighted by Gasteiger charge is 2.11. The Balaban J connectivity index is 2.23. The predicted molar refractivity (Wildman–Crippen MR) is 79.7 cm³/mol. The van der Waals surface area contributed by atoms with Crippen LogP contribution in [-0.4, -0.2) is 9.97 Å². The number of hydrogen-bond acceptors (Lipinski definition) is 4. The number of rotatable bonds is 3. The molecule has 0 aliphatic heterocycles. The molecule has 1 heterocycles. The zero-order valence-corrected chi connectivity index (χ0v) is 12.4. The lowest BCUT2D eigenvalue weighted by Gasteiger charge is -2.17. The van der Waals surface area contributed by atoms with Crippen molar-refractivity contribution in [2.45, 2.75) is 26.8 Å². The molecule has 4 nitrogen and oxygen atoms in total. The highest BCUT2D eigenvalue weighted by atomic mass is 35.5. The van der Waals surface area contributed by atoms with Crippen LogP contribution in [0.1, 0.15) is 35.5 Å². The predicted octanol–water partition coefficient (Wildman–Crippen LogP) is 3.79. The molecule has 2 rings (SSSR count). The molecule has 0 saturated heterocycles. The molecule has 1 aromatic heterocycles. The van der Waals surface area contributed by atoms with Crippen LogP contribution < -0.4 is 5.32 Å². The van der Waals surface area contributed by atoms with Gasteiger partial charge in [-0.05, 0) is 38.5 Å². The minimum atomic E-state index is 0.0619. The first-order chi connectivity index (χ1) is 9.51. The Labute approximate surface area is 123 Å². The summed E-state index contributed by atoms with van der Waals surface area (Å²) in [5.74, 6) is 1.37. The summed E-state index contributed by atoms with van der Waals surface area (Å²) in [4.78, 5) is 8.49. The van der Waals surface area contributed by atoms with Crippen molar-refractivity contribution in [3.8, 4) is 6.07 Å². The van der Waals surface area contributed by atoms with Crippen LogP contribution in [0.5, 0.6) is 0 Å². The fourth-order valence-electron chi connectivity index (χ4n) is 1.87. The van der Waals surface area contributed by atoms with Gasteiger partial charge < -0.3 is 5.32 Å². The van der Waals surface area contributed by atoms with Crippen LogP contribution in [0.2, 0.25) is 5.15 Å². The van der Waals surface area contributed by atoms with E-state index in [9.17, 15) is 0 Å². The fourth-order valence-corrected chi connectivity index (χ4v) is 2.08. The zero-order chi connectivity index (χ0) is 14.7. The van der Waals surface area contributed by atoms with Crippen molar-refractivity contribution in [2.24, 2.45) is 0 Å². The van der Waals surface area contributed by atoms with E-state index in [1.54, 1.807) is 12.1 Å². The molecular formula is C15H15ClN4. The van der Waals surface area contributed by atoms with E-state index in [0.29, 0.717) is 16.5 Å². The van der Waals surface area contributed by atoms with Crippen LogP contribution in [0, 0.1) is 25.2 Å². The minimum Gasteiger partial charge on any atom is -0.363 e. The Kier molecular flexibility index (Phi) is 4.21. The standard InChI is InChI=1S/C15H15ClN4/c1-9-14(16)19-11(3)20-15(9)18-10(2)13-6-4-12(8-17)5-7-13/h4-7,10H,1-3H3,(H,18,19,20). The van der Waals surface area contributed by atoms with E-state index in [-0.39, 0.29) is 6.04 Å². The molecule has 20 heavy (non-hydrogen) atoms. The highest BCUT2D eigenvalue weighted by Crippen LogP contribution is 2.24. The summed E-state index contributed by atoms with van der Waals surface area (Å²) in [5.41, 5.74) is 2.56. The van der Waals surface area contributed by atoms with Crippen LogP contribution in [0.3, 0.4) is 0 Å². The minimum absolute atomic E-state index is 0.0619. The average molecular weight is 287 g/mol. The maximum Gasteiger partial charge on any atom is 0.137 e. The topological polar surface area (TPSA) is 61.6 Å². The zero-order valence-electron chi connectivity index (χ0n) is 11.6. The summed E-state index contributed by atoms with van der Waals surface area (Å²) in [6, 6.07) is 9.64. The normalized spacial score (nSPS) is 11.8. The van der Waals surface area contributed by atoms with E-state index in [1.807, 2.05) is 32.9 Å². The molecule has 1 N–H and O–H groups in total. The maximum atomic E-state index is 8.80. The van der Waals surface area contributed by atoms with Crippen molar-refractivity contribution in [1.29, 1.82) is 5.26 Å². The quantitative estimate of drug-likeness (QED) is 0.872. The molecule has 0 radical (unpaired) electrons. The average Bonchev–Trinajstić information content (AvgIpc) is 2.44. The van der Waals surface area contributed by atoms with Crippen LogP contribution in [0.25, 0.3) is 0 Å². The molecule has 2 aromatic rings. The van der Waals surface area contributed by atoms with Gasteiger partial charge in [0.05, 0.1) is 11.6 Å². The summed E-state index contributed by atoms with van der Waals surface area (Å²) in [6.45, 7) is 5.73. The van der Waals surface area contributed by atoms with E-state index in [0.717, 1.165) is 16.9 Å². The molecule has 0 saturated carbocycles. The van der Waals surface area contributed by atoms with Gasteiger partial charge in [0.1, 0.15) is 16.8 Å². The molecule has 0 fully saturated rings. The Bertz CT molecular complexity index is 659. The molecule has 1 aromatic carbocycles. The summed E-state index contributed by atoms with van der Waals surface area (Å²) in [7, 11) is 0. The third kappa shape index (κ3) is 3.06. The van der Waals surface area contributed by atoms with Crippen LogP contribution >= 0.6 is 11.6 Å². The number of aryl methyl sites for hydroxylation is 1. The molecule has 1 atom stereocenters. The number of anilines is 1. The van der Waals surface area contributed by atoms with E-state index in [4.69, 9.17) is 16.9 Å². The molecular weight excluding hydrogens is 272 g/mol. The molecule has 0 aliphatic carbocycles. The first kappa shape index (κ1) is 14.3. The van der Waals surface area contributed by atoms with E-state index in [1.165, 1.54) is 0 Å². The van der Waals surface area contributed by atoms with Crippen molar-refractivity contribution >= 4 is 17.4 Å². The molecule has 0 aliphatic rings. The summed E-state index contributed by atoms with van der Waals surface area (Å²) in [5, 5.41) is 12.6. The summed E-state index contributed by atoms with van der Waals surface area (Å²) in [6.07, 6.45) is 0. The van der Waals surface area contributed by atoms with Crippen LogP contribution in [0.4, 0.5) is 5.82 Å². The largest absolute Gasteiger partial charge is 0.363 e. The second-order valence-electron chi connectivity index (χ2n) is 4.64. The van der Waals surface area contributed by atoms with Gasteiger partial charge in [0.25, 0.3) is 0 Å². The second kappa shape index (κ2) is 5.89. The van der Waals surface area contributed by atoms with Gasteiger partial charge in [-0.2, -0.15) is 5.26 Å². The first-order valence-corrected chi connectivity index (χ1v) is 6.66. The Morgan fingerprint density at radius 3 is 2.45 bits per heavy atom. The number of nitrogens with zero attached hydrogens (tertiary/aromatic N) is 3. The fraction of sp³-hybridized carbons (Fsp3) is 0.267. The van der Waals surface area contributed by atoms with Crippen LogP contribution in [0.15, 0.2) is 24.3 Å². The number of halogens is 1. The molecule has 0 spiro atoms. The van der Waals surface area contributed by atoms with Gasteiger partial charge in [-0.25, -0.2) is 9.97 Å². The SMILES string of the molecule is Cc1nc(Cl)c(C)c(NC(C)c2ccc(C#N)cc2)n1. The maximum absolute atomic E-state index is 8.80. The summed E-state index contributed by atoms with van der Waals surface area (Å²) >= 11 is 6.06. The van der Waals surface area contributed by atoms with Crippen molar-refractivity contribution in [3.05, 3.63) is 51.9 Å². The lowest BCUT2D eigenvalue weighted by atomic mass is 10.1. The Hall–Kier alpha value is -2.12. The molecule has 0 bridgehead atoms. The lowest BCUT2D eigenvalue weighted by molar-refractivity contribution is 0.862. The number of nitrogens with one attached hydrogen (secondary N) is 1. The van der Waals surface area contributed by atoms with Gasteiger partial charge in [0.15, 0.2) is 0 Å². The number of benzene rings is 1. The van der Waals surface area contributed by atoms with Gasteiger partial charge in [0.2, 0.25) is 0 Å². The van der Waals surface area contributed by atoms with E-state index in [2.05, 4.69) is 21.4 Å². The molecule has 0 amide bonds. The number of nitriles is 1. The Morgan fingerprint density at radius 2 is 1.85 bits per heavy atom. The summed E-state index contributed by atoms with van der Waals surface area (Å²) < 4.78 is 0. The molecule has 102 valence electrons. The lowest BCUT2D eigenvalue weighted by Crippen LogP contribution is -2.10. The van der Waals surface area contributed by atoms with Gasteiger partial charge >= 0.3 is 0 Å². The van der Waals surface area contributed by atoms with Crippen molar-refractivity contribution < 1.29 is 0 Å².